The Bertz CT molecular complexity index is 1410. The molecule has 2 aromatic carbocycles. The van der Waals surface area contributed by atoms with Crippen LogP contribution >= 0.6 is 0 Å². The van der Waals surface area contributed by atoms with Crippen molar-refractivity contribution in [3.8, 4) is 5.75 Å². The highest BCUT2D eigenvalue weighted by molar-refractivity contribution is 5.81. The van der Waals surface area contributed by atoms with Crippen molar-refractivity contribution in [3.05, 3.63) is 59.2 Å². The summed E-state index contributed by atoms with van der Waals surface area (Å²) in [4.78, 5) is 32.2. The number of hydrogen-bond acceptors (Lipinski definition) is 6. The fourth-order valence-corrected chi connectivity index (χ4v) is 8.57. The monoisotopic (exact) mass is 671 g/mol. The molecule has 262 valence electrons. The summed E-state index contributed by atoms with van der Waals surface area (Å²) in [6.07, 6.45) is 2.15. The summed E-state index contributed by atoms with van der Waals surface area (Å²) in [6.45, 7) is 3.45. The number of ether oxygens (including phenoxy) is 2. The lowest BCUT2D eigenvalue weighted by atomic mass is 9.84. The molecular weight excluding hydrogens is 623 g/mol. The van der Waals surface area contributed by atoms with Crippen molar-refractivity contribution in [1.29, 1.82) is 0 Å². The number of aliphatic carboxylic acids is 1. The minimum Gasteiger partial charge on any atom is -0.497 e. The number of carbonyl (C=O) groups excluding carboxylic acids is 1. The number of benzene rings is 2. The molecule has 0 spiro atoms. The minimum atomic E-state index is -4.47. The van der Waals surface area contributed by atoms with Crippen molar-refractivity contribution >= 4 is 17.6 Å². The lowest BCUT2D eigenvalue weighted by Crippen LogP contribution is -2.44. The van der Waals surface area contributed by atoms with Crippen LogP contribution < -0.4 is 9.64 Å². The van der Waals surface area contributed by atoms with Crippen LogP contribution in [0.4, 0.5) is 18.9 Å². The first-order chi connectivity index (χ1) is 23.0. The lowest BCUT2D eigenvalue weighted by Gasteiger charge is -2.38. The van der Waals surface area contributed by atoms with Gasteiger partial charge in [0.2, 0.25) is 5.91 Å². The van der Waals surface area contributed by atoms with Crippen molar-refractivity contribution in [2.45, 2.75) is 81.5 Å². The molecule has 3 saturated heterocycles. The summed E-state index contributed by atoms with van der Waals surface area (Å²) in [6, 6.07) is 12.5. The van der Waals surface area contributed by atoms with Gasteiger partial charge in [0.05, 0.1) is 30.6 Å². The minimum absolute atomic E-state index is 0.0111. The molecule has 1 amide bonds. The Kier molecular flexibility index (Phi) is 10.6. The highest BCUT2D eigenvalue weighted by Gasteiger charge is 2.44. The van der Waals surface area contributed by atoms with E-state index < -0.39 is 23.6 Å². The summed E-state index contributed by atoms with van der Waals surface area (Å²) >= 11 is 0. The van der Waals surface area contributed by atoms with Crippen molar-refractivity contribution in [3.63, 3.8) is 0 Å². The van der Waals surface area contributed by atoms with Crippen LogP contribution in [-0.2, 0) is 20.5 Å². The molecule has 4 fully saturated rings. The Hall–Kier alpha value is -3.31. The van der Waals surface area contributed by atoms with Crippen molar-refractivity contribution < 1.29 is 37.3 Å². The quantitative estimate of drug-likeness (QED) is 0.348. The number of carboxylic acids is 1. The summed E-state index contributed by atoms with van der Waals surface area (Å²) < 4.78 is 52.3. The van der Waals surface area contributed by atoms with Crippen LogP contribution in [-0.4, -0.2) is 92.4 Å². The second kappa shape index (κ2) is 14.7. The number of piperidine rings is 2. The summed E-state index contributed by atoms with van der Waals surface area (Å²) in [5.41, 5.74) is 1.85. The number of alkyl halides is 3. The molecule has 3 heterocycles. The number of hydrogen-bond donors (Lipinski definition) is 1. The van der Waals surface area contributed by atoms with Gasteiger partial charge < -0.3 is 24.4 Å². The van der Waals surface area contributed by atoms with Gasteiger partial charge in [0, 0.05) is 64.0 Å². The van der Waals surface area contributed by atoms with Gasteiger partial charge in [-0.25, -0.2) is 0 Å². The Morgan fingerprint density at radius 2 is 1.50 bits per heavy atom. The zero-order valence-corrected chi connectivity index (χ0v) is 28.0. The van der Waals surface area contributed by atoms with Gasteiger partial charge in [-0.3, -0.25) is 14.5 Å². The Morgan fingerprint density at radius 3 is 2.08 bits per heavy atom. The highest BCUT2D eigenvalue weighted by Crippen LogP contribution is 2.42. The van der Waals surface area contributed by atoms with Gasteiger partial charge >= 0.3 is 12.1 Å². The average molecular weight is 672 g/mol. The second-order valence-electron chi connectivity index (χ2n) is 14.1. The molecule has 4 aliphatic rings. The summed E-state index contributed by atoms with van der Waals surface area (Å²) in [5.74, 6) is -0.482. The molecule has 11 heteroatoms. The van der Waals surface area contributed by atoms with E-state index in [1.54, 1.807) is 20.3 Å². The molecule has 3 aliphatic heterocycles. The van der Waals surface area contributed by atoms with E-state index in [2.05, 4.69) is 17.0 Å². The predicted molar refractivity (Wildman–Crippen MR) is 176 cm³/mol. The number of nitrogens with zero attached hydrogens (tertiary/aromatic N) is 3. The average Bonchev–Trinajstić information content (AvgIpc) is 3.56. The number of halogens is 3. The Balaban J connectivity index is 1.17. The molecule has 0 bridgehead atoms. The smallest absolute Gasteiger partial charge is 0.416 e. The standard InChI is InChI=1S/C37H48F3N3O5/c1-47-29-8-3-24(4-9-29)32-22-43(28-6-10-30(48-2)11-7-28)23-33(32)35(44)42-19-13-25(14-20-42)31-12-5-27(37(38,39)40)21-34(31)41-17-15-26(16-18-41)36(45)46/h3-5,8-9,12,21,25-26,28,30,32-33H,6-7,10-11,13-20,22-23H2,1-2H3,(H,45,46)/t28?,30?,32-,33+/m0/s1. The molecule has 0 unspecified atom stereocenters. The number of anilines is 1. The van der Waals surface area contributed by atoms with Crippen LogP contribution in [0, 0.1) is 11.8 Å². The third kappa shape index (κ3) is 7.47. The van der Waals surface area contributed by atoms with E-state index in [4.69, 9.17) is 9.47 Å². The molecule has 0 radical (unpaired) electrons. The van der Waals surface area contributed by atoms with Gasteiger partial charge in [-0.05, 0) is 92.7 Å². The van der Waals surface area contributed by atoms with Gasteiger partial charge in [0.25, 0.3) is 0 Å². The van der Waals surface area contributed by atoms with E-state index in [0.29, 0.717) is 76.2 Å². The summed E-state index contributed by atoms with van der Waals surface area (Å²) in [5, 5.41) is 9.44. The second-order valence-corrected chi connectivity index (χ2v) is 14.1. The van der Waals surface area contributed by atoms with E-state index >= 15 is 0 Å². The zero-order chi connectivity index (χ0) is 34.0. The van der Waals surface area contributed by atoms with Crippen LogP contribution in [0.15, 0.2) is 42.5 Å². The topological polar surface area (TPSA) is 82.6 Å². The maximum Gasteiger partial charge on any atom is 0.416 e. The van der Waals surface area contributed by atoms with Gasteiger partial charge in [0.1, 0.15) is 5.75 Å². The van der Waals surface area contributed by atoms with E-state index in [-0.39, 0.29) is 23.7 Å². The van der Waals surface area contributed by atoms with Crippen molar-refractivity contribution in [1.82, 2.24) is 9.80 Å². The van der Waals surface area contributed by atoms with E-state index in [1.807, 2.05) is 21.9 Å². The molecule has 1 N–H and O–H groups in total. The lowest BCUT2D eigenvalue weighted by molar-refractivity contribution is -0.142. The van der Waals surface area contributed by atoms with Crippen LogP contribution in [0.1, 0.15) is 79.9 Å². The largest absolute Gasteiger partial charge is 0.497 e. The molecule has 48 heavy (non-hydrogen) atoms. The molecule has 6 rings (SSSR count). The number of carbonyl (C=O) groups is 2. The number of rotatable bonds is 8. The van der Waals surface area contributed by atoms with Crippen LogP contribution in [0.25, 0.3) is 0 Å². The van der Waals surface area contributed by atoms with Crippen LogP contribution in [0.3, 0.4) is 0 Å². The SMILES string of the molecule is COc1ccc([C@@H]2CN(C3CCC(OC)CC3)C[C@H]2C(=O)N2CCC(c3ccc(C(F)(F)F)cc3N3CCC(C(=O)O)CC3)CC2)cc1. The van der Waals surface area contributed by atoms with Crippen molar-refractivity contribution in [2.24, 2.45) is 11.8 Å². The molecular formula is C37H48F3N3O5. The van der Waals surface area contributed by atoms with Gasteiger partial charge in [-0.2, -0.15) is 13.2 Å². The predicted octanol–water partition coefficient (Wildman–Crippen LogP) is 6.39. The maximum atomic E-state index is 14.3. The molecule has 1 saturated carbocycles. The number of likely N-dealkylation sites (tertiary alicyclic amines) is 2. The first-order valence-electron chi connectivity index (χ1n) is 17.4. The number of methoxy groups -OCH3 is 2. The first-order valence-corrected chi connectivity index (χ1v) is 17.4. The van der Waals surface area contributed by atoms with E-state index in [9.17, 15) is 27.9 Å². The molecule has 2 aromatic rings. The highest BCUT2D eigenvalue weighted by atomic mass is 19.4. The number of carboxylic acid groups (broad SMARTS) is 1. The van der Waals surface area contributed by atoms with Crippen LogP contribution in [0.2, 0.25) is 0 Å². The maximum absolute atomic E-state index is 14.3. The molecule has 1 aliphatic carbocycles. The van der Waals surface area contributed by atoms with Gasteiger partial charge in [-0.1, -0.05) is 18.2 Å². The molecule has 8 nitrogen and oxygen atoms in total. The summed E-state index contributed by atoms with van der Waals surface area (Å²) in [7, 11) is 3.43. The van der Waals surface area contributed by atoms with Crippen LogP contribution in [0.5, 0.6) is 5.75 Å². The van der Waals surface area contributed by atoms with Crippen molar-refractivity contribution in [2.75, 3.05) is 58.4 Å². The van der Waals surface area contributed by atoms with Gasteiger partial charge in [0.15, 0.2) is 0 Å². The number of amides is 1. The fourth-order valence-electron chi connectivity index (χ4n) is 8.57. The molecule has 0 aromatic heterocycles. The Labute approximate surface area is 281 Å². The Morgan fingerprint density at radius 1 is 0.833 bits per heavy atom. The fraction of sp³-hybridized carbons (Fsp3) is 0.622. The third-order valence-electron chi connectivity index (χ3n) is 11.5. The zero-order valence-electron chi connectivity index (χ0n) is 28.0. The first kappa shape index (κ1) is 34.5. The normalized spacial score (nSPS) is 26.5. The van der Waals surface area contributed by atoms with E-state index in [0.717, 1.165) is 55.2 Å². The third-order valence-corrected chi connectivity index (χ3v) is 11.5. The molecule has 2 atom stereocenters. The van der Waals surface area contributed by atoms with E-state index in [1.165, 1.54) is 6.07 Å². The van der Waals surface area contributed by atoms with Gasteiger partial charge in [-0.15, -0.1) is 0 Å².